The van der Waals surface area contributed by atoms with Crippen LogP contribution in [-0.2, 0) is 9.59 Å². The highest BCUT2D eigenvalue weighted by molar-refractivity contribution is 5.66. The van der Waals surface area contributed by atoms with Crippen LogP contribution < -0.4 is 0 Å². The maximum atomic E-state index is 10.3. The Balaban J connectivity index is 0. The molecule has 0 heterocycles. The second kappa shape index (κ2) is 36.5. The van der Waals surface area contributed by atoms with Gasteiger partial charge < -0.3 is 10.2 Å². The summed E-state index contributed by atoms with van der Waals surface area (Å²) in [6, 6.07) is 0. The second-order valence-electron chi connectivity index (χ2n) is 10.3. The summed E-state index contributed by atoms with van der Waals surface area (Å²) in [4.78, 5) is 20.6. The van der Waals surface area contributed by atoms with Gasteiger partial charge in [0, 0.05) is 25.7 Å². The third-order valence-corrected chi connectivity index (χ3v) is 6.27. The number of carboxylic acid groups (broad SMARTS) is 2. The third kappa shape index (κ3) is 42.5. The van der Waals surface area contributed by atoms with Crippen LogP contribution in [0.4, 0.5) is 0 Å². The second-order valence-corrected chi connectivity index (χ2v) is 10.3. The molecule has 0 radical (unpaired) electrons. The molecular weight excluding hydrogens is 496 g/mol. The topological polar surface area (TPSA) is 74.6 Å². The van der Waals surface area contributed by atoms with Crippen molar-refractivity contribution in [2.45, 2.75) is 155 Å². The molecule has 228 valence electrons. The van der Waals surface area contributed by atoms with Gasteiger partial charge in [-0.05, 0) is 51.4 Å². The van der Waals surface area contributed by atoms with Crippen molar-refractivity contribution in [2.75, 3.05) is 0 Å². The van der Waals surface area contributed by atoms with Gasteiger partial charge in [0.05, 0.1) is 0 Å². The molecule has 0 spiro atoms. The zero-order valence-corrected chi connectivity index (χ0v) is 25.9. The van der Waals surface area contributed by atoms with E-state index in [1.54, 1.807) is 0 Å². The number of rotatable bonds is 25. The monoisotopic (exact) mass is 556 g/mol. The van der Waals surface area contributed by atoms with Crippen molar-refractivity contribution in [1.82, 2.24) is 0 Å². The maximum Gasteiger partial charge on any atom is 0.303 e. The van der Waals surface area contributed by atoms with Crippen LogP contribution in [0.15, 0.2) is 48.6 Å². The summed E-state index contributed by atoms with van der Waals surface area (Å²) in [5, 5.41) is 17.0. The normalized spacial score (nSPS) is 11.2. The van der Waals surface area contributed by atoms with Gasteiger partial charge in [0.15, 0.2) is 0 Å². The van der Waals surface area contributed by atoms with E-state index in [9.17, 15) is 9.59 Å². The quantitative estimate of drug-likeness (QED) is 0.0507. The van der Waals surface area contributed by atoms with Gasteiger partial charge >= 0.3 is 11.9 Å². The van der Waals surface area contributed by atoms with Crippen LogP contribution in [-0.4, -0.2) is 22.2 Å². The number of unbranched alkanes of at least 4 members (excludes halogenated alkanes) is 15. The van der Waals surface area contributed by atoms with E-state index in [1.807, 2.05) is 0 Å². The van der Waals surface area contributed by atoms with Crippen molar-refractivity contribution in [3.63, 3.8) is 0 Å². The average Bonchev–Trinajstić information content (AvgIpc) is 2.93. The average molecular weight is 557 g/mol. The summed E-state index contributed by atoms with van der Waals surface area (Å²) in [5.41, 5.74) is 0. The number of allylic oxidation sites excluding steroid dienone is 8. The molecule has 0 aliphatic carbocycles. The lowest BCUT2D eigenvalue weighted by atomic mass is 10.1. The summed E-state index contributed by atoms with van der Waals surface area (Å²) in [6.45, 7) is 4.42. The van der Waals surface area contributed by atoms with Crippen LogP contribution in [0.25, 0.3) is 0 Å². The van der Waals surface area contributed by atoms with Crippen LogP contribution in [0, 0.1) is 11.8 Å². The molecule has 0 aromatic rings. The standard InChI is InChI=1S/2C18H30O2/c2*1-2-3-4-5-6-7-8-9-10-11-12-13-14-15-16-17-18(19)20/h9-10H,2-5,8,11-17H2,1H3,(H,19,20);5-10H,2-4,11-17H2,1H3,(H,19,20). The molecule has 0 saturated heterocycles. The van der Waals surface area contributed by atoms with Gasteiger partial charge in [-0.3, -0.25) is 9.59 Å². The largest absolute Gasteiger partial charge is 0.481 e. The van der Waals surface area contributed by atoms with Crippen LogP contribution in [0.1, 0.15) is 155 Å². The smallest absolute Gasteiger partial charge is 0.303 e. The highest BCUT2D eigenvalue weighted by atomic mass is 16.4. The fourth-order valence-electron chi connectivity index (χ4n) is 3.82. The van der Waals surface area contributed by atoms with E-state index in [-0.39, 0.29) is 0 Å². The van der Waals surface area contributed by atoms with Gasteiger partial charge in [0.2, 0.25) is 0 Å². The molecule has 0 fully saturated rings. The minimum absolute atomic E-state index is 0.316. The molecule has 0 bridgehead atoms. The molecular formula is C36H60O4. The van der Waals surface area contributed by atoms with E-state index >= 15 is 0 Å². The van der Waals surface area contributed by atoms with Gasteiger partial charge in [-0.2, -0.15) is 0 Å². The minimum Gasteiger partial charge on any atom is -0.481 e. The third-order valence-electron chi connectivity index (χ3n) is 6.27. The summed E-state index contributed by atoms with van der Waals surface area (Å²) >= 11 is 0. The fourth-order valence-corrected chi connectivity index (χ4v) is 3.82. The van der Waals surface area contributed by atoms with Crippen molar-refractivity contribution < 1.29 is 19.8 Å². The first-order valence-electron chi connectivity index (χ1n) is 16.1. The van der Waals surface area contributed by atoms with Gasteiger partial charge in [0.1, 0.15) is 0 Å². The van der Waals surface area contributed by atoms with E-state index in [0.717, 1.165) is 64.2 Å². The zero-order valence-electron chi connectivity index (χ0n) is 25.9. The molecule has 0 unspecified atom stereocenters. The molecule has 0 aromatic carbocycles. The van der Waals surface area contributed by atoms with Gasteiger partial charge in [-0.15, -0.1) is 5.92 Å². The van der Waals surface area contributed by atoms with Crippen LogP contribution >= 0.6 is 0 Å². The Hall–Kier alpha value is -2.54. The summed E-state index contributed by atoms with van der Waals surface area (Å²) in [6.07, 6.45) is 40.3. The molecule has 2 N–H and O–H groups in total. The SMILES string of the molecule is CCCCC=CC=CC=CCCCCCCCC(=O)O.CCCCCC#CCC=CCCCCCCCC(=O)O. The highest BCUT2D eigenvalue weighted by Crippen LogP contribution is 2.08. The van der Waals surface area contributed by atoms with E-state index in [1.165, 1.54) is 64.2 Å². The first kappa shape index (κ1) is 39.6. The number of hydrogen-bond donors (Lipinski definition) is 2. The lowest BCUT2D eigenvalue weighted by molar-refractivity contribution is -0.138. The van der Waals surface area contributed by atoms with E-state index in [2.05, 4.69) is 74.3 Å². The van der Waals surface area contributed by atoms with Crippen molar-refractivity contribution in [3.05, 3.63) is 48.6 Å². The van der Waals surface area contributed by atoms with Gasteiger partial charge in [-0.25, -0.2) is 0 Å². The van der Waals surface area contributed by atoms with Crippen molar-refractivity contribution in [2.24, 2.45) is 0 Å². The van der Waals surface area contributed by atoms with E-state index in [0.29, 0.717) is 12.8 Å². The minimum atomic E-state index is -0.677. The number of carbonyl (C=O) groups is 2. The summed E-state index contributed by atoms with van der Waals surface area (Å²) < 4.78 is 0. The van der Waals surface area contributed by atoms with Crippen molar-refractivity contribution in [1.29, 1.82) is 0 Å². The number of carboxylic acids is 2. The molecule has 0 aliphatic heterocycles. The van der Waals surface area contributed by atoms with Gasteiger partial charge in [0.25, 0.3) is 0 Å². The molecule has 4 heteroatoms. The Bertz CT molecular complexity index is 734. The van der Waals surface area contributed by atoms with Crippen molar-refractivity contribution in [3.8, 4) is 11.8 Å². The Labute approximate surface area is 247 Å². The molecule has 40 heavy (non-hydrogen) atoms. The van der Waals surface area contributed by atoms with Crippen molar-refractivity contribution >= 4 is 11.9 Å². The fraction of sp³-hybridized carbons (Fsp3) is 0.667. The van der Waals surface area contributed by atoms with Gasteiger partial charge in [-0.1, -0.05) is 133 Å². The summed E-state index contributed by atoms with van der Waals surface area (Å²) in [5.74, 6) is 5.03. The van der Waals surface area contributed by atoms with E-state index in [4.69, 9.17) is 10.2 Å². The summed E-state index contributed by atoms with van der Waals surface area (Å²) in [7, 11) is 0. The van der Waals surface area contributed by atoms with Crippen LogP contribution in [0.5, 0.6) is 0 Å². The predicted octanol–water partition coefficient (Wildman–Crippen LogP) is 11.0. The lowest BCUT2D eigenvalue weighted by Crippen LogP contribution is -1.93. The number of hydrogen-bond acceptors (Lipinski definition) is 2. The molecule has 0 aromatic heterocycles. The Morgan fingerprint density at radius 3 is 1.50 bits per heavy atom. The van der Waals surface area contributed by atoms with E-state index < -0.39 is 11.9 Å². The first-order chi connectivity index (χ1) is 19.5. The maximum absolute atomic E-state index is 10.3. The molecule has 0 aliphatic rings. The Morgan fingerprint density at radius 2 is 0.975 bits per heavy atom. The first-order valence-corrected chi connectivity index (χ1v) is 16.1. The molecule has 0 saturated carbocycles. The Morgan fingerprint density at radius 1 is 0.500 bits per heavy atom. The number of aliphatic carboxylic acids is 2. The molecule has 0 amide bonds. The molecule has 0 atom stereocenters. The molecule has 4 nitrogen and oxygen atoms in total. The van der Waals surface area contributed by atoms with Crippen LogP contribution in [0.3, 0.4) is 0 Å². The van der Waals surface area contributed by atoms with Crippen LogP contribution in [0.2, 0.25) is 0 Å². The Kier molecular flexibility index (Phi) is 36.1. The lowest BCUT2D eigenvalue weighted by Gasteiger charge is -1.97. The highest BCUT2D eigenvalue weighted by Gasteiger charge is 1.96. The predicted molar refractivity (Wildman–Crippen MR) is 173 cm³/mol. The zero-order chi connectivity index (χ0) is 29.8. The molecule has 0 rings (SSSR count).